The van der Waals surface area contributed by atoms with Crippen LogP contribution in [0.2, 0.25) is 0 Å². The standard InChI is InChI=1S/C19H26F2N2O/c1-2-4-15-5-7-16(8-6-15)11-23-13-18(12-19(20,21)14-23)9-3-10-22-17(18)24/h5-8H,2-4,9-14H2,1H3,(H,22,24)/t18-/m0/s1. The number of aryl methyl sites for hydroxylation is 1. The number of halogens is 2. The number of nitrogens with zero attached hydrogens (tertiary/aromatic N) is 1. The summed E-state index contributed by atoms with van der Waals surface area (Å²) in [5.74, 6) is -3.01. The van der Waals surface area contributed by atoms with E-state index in [-0.39, 0.29) is 18.9 Å². The van der Waals surface area contributed by atoms with Crippen molar-refractivity contribution in [3.8, 4) is 0 Å². The molecule has 1 amide bonds. The van der Waals surface area contributed by atoms with Gasteiger partial charge in [0, 0.05) is 26.1 Å². The highest BCUT2D eigenvalue weighted by molar-refractivity contribution is 5.83. The summed E-state index contributed by atoms with van der Waals surface area (Å²) < 4.78 is 28.6. The predicted octanol–water partition coefficient (Wildman–Crippen LogP) is 3.38. The first-order chi connectivity index (χ1) is 11.4. The molecule has 1 spiro atoms. The highest BCUT2D eigenvalue weighted by atomic mass is 19.3. The smallest absolute Gasteiger partial charge is 0.261 e. The van der Waals surface area contributed by atoms with Crippen LogP contribution in [0.5, 0.6) is 0 Å². The number of hydrogen-bond donors (Lipinski definition) is 1. The second-order valence-electron chi connectivity index (χ2n) is 7.38. The minimum atomic E-state index is -2.81. The number of piperidine rings is 2. The Kier molecular flexibility index (Phi) is 4.90. The summed E-state index contributed by atoms with van der Waals surface area (Å²) in [5.41, 5.74) is 1.37. The number of rotatable bonds is 4. The first kappa shape index (κ1) is 17.3. The molecule has 5 heteroatoms. The monoisotopic (exact) mass is 336 g/mol. The number of hydrogen-bond acceptors (Lipinski definition) is 2. The van der Waals surface area contributed by atoms with Gasteiger partial charge in [-0.25, -0.2) is 8.78 Å². The lowest BCUT2D eigenvalue weighted by Crippen LogP contribution is -2.59. The van der Waals surface area contributed by atoms with Crippen LogP contribution in [0.4, 0.5) is 8.78 Å². The minimum Gasteiger partial charge on any atom is -0.356 e. The SMILES string of the molecule is CCCc1ccc(CN2CC(F)(F)C[C@@]3(CCCNC3=O)C2)cc1. The Bertz CT molecular complexity index is 588. The van der Waals surface area contributed by atoms with Crippen LogP contribution in [-0.4, -0.2) is 36.4 Å². The van der Waals surface area contributed by atoms with E-state index in [9.17, 15) is 13.6 Å². The minimum absolute atomic E-state index is 0.198. The Morgan fingerprint density at radius 2 is 1.88 bits per heavy atom. The van der Waals surface area contributed by atoms with Crippen LogP contribution in [0.25, 0.3) is 0 Å². The van der Waals surface area contributed by atoms with Gasteiger partial charge in [0.1, 0.15) is 0 Å². The molecule has 2 aliphatic rings. The quantitative estimate of drug-likeness (QED) is 0.914. The maximum absolute atomic E-state index is 14.3. The molecule has 1 N–H and O–H groups in total. The molecule has 3 nitrogen and oxygen atoms in total. The first-order valence-corrected chi connectivity index (χ1v) is 8.89. The molecule has 0 unspecified atom stereocenters. The summed E-state index contributed by atoms with van der Waals surface area (Å²) in [6, 6.07) is 8.19. The van der Waals surface area contributed by atoms with Crippen LogP contribution in [0.3, 0.4) is 0 Å². The Morgan fingerprint density at radius 1 is 1.17 bits per heavy atom. The molecule has 2 heterocycles. The Balaban J connectivity index is 1.73. The van der Waals surface area contributed by atoms with Crippen molar-refractivity contribution in [2.24, 2.45) is 5.41 Å². The lowest BCUT2D eigenvalue weighted by molar-refractivity contribution is -0.158. The van der Waals surface area contributed by atoms with Gasteiger partial charge in [-0.05, 0) is 30.4 Å². The molecule has 2 fully saturated rings. The molecule has 0 aromatic heterocycles. The normalized spacial score (nSPS) is 27.2. The summed E-state index contributed by atoms with van der Waals surface area (Å²) >= 11 is 0. The average Bonchev–Trinajstić information content (AvgIpc) is 2.51. The van der Waals surface area contributed by atoms with E-state index in [1.807, 2.05) is 12.1 Å². The van der Waals surface area contributed by atoms with Crippen LogP contribution < -0.4 is 5.32 Å². The molecule has 2 saturated heterocycles. The molecule has 0 aliphatic carbocycles. The van der Waals surface area contributed by atoms with Crippen molar-refractivity contribution in [3.05, 3.63) is 35.4 Å². The third-order valence-electron chi connectivity index (χ3n) is 5.15. The third-order valence-corrected chi connectivity index (χ3v) is 5.15. The molecular weight excluding hydrogens is 310 g/mol. The van der Waals surface area contributed by atoms with E-state index in [1.54, 1.807) is 4.90 Å². The van der Waals surface area contributed by atoms with E-state index < -0.39 is 11.3 Å². The molecule has 0 radical (unpaired) electrons. The van der Waals surface area contributed by atoms with Crippen molar-refractivity contribution in [1.29, 1.82) is 0 Å². The van der Waals surface area contributed by atoms with E-state index in [4.69, 9.17) is 0 Å². The van der Waals surface area contributed by atoms with E-state index >= 15 is 0 Å². The zero-order chi connectivity index (χ0) is 17.2. The van der Waals surface area contributed by atoms with Gasteiger partial charge in [-0.3, -0.25) is 9.69 Å². The molecular formula is C19H26F2N2O. The Hall–Kier alpha value is -1.49. The van der Waals surface area contributed by atoms with E-state index in [0.717, 1.165) is 24.8 Å². The summed E-state index contributed by atoms with van der Waals surface area (Å²) in [4.78, 5) is 14.1. The highest BCUT2D eigenvalue weighted by Crippen LogP contribution is 2.43. The van der Waals surface area contributed by atoms with E-state index in [1.165, 1.54) is 5.56 Å². The molecule has 24 heavy (non-hydrogen) atoms. The lowest BCUT2D eigenvalue weighted by Gasteiger charge is -2.46. The molecule has 3 rings (SSSR count). The number of amides is 1. The predicted molar refractivity (Wildman–Crippen MR) is 90.0 cm³/mol. The van der Waals surface area contributed by atoms with E-state index in [0.29, 0.717) is 26.1 Å². The van der Waals surface area contributed by atoms with Crippen molar-refractivity contribution in [2.75, 3.05) is 19.6 Å². The molecule has 132 valence electrons. The van der Waals surface area contributed by atoms with Crippen molar-refractivity contribution < 1.29 is 13.6 Å². The van der Waals surface area contributed by atoms with Crippen LogP contribution >= 0.6 is 0 Å². The van der Waals surface area contributed by atoms with Gasteiger partial charge < -0.3 is 5.32 Å². The number of carbonyl (C=O) groups is 1. The number of nitrogens with one attached hydrogen (secondary N) is 1. The summed E-state index contributed by atoms with van der Waals surface area (Å²) in [6.45, 7) is 3.37. The van der Waals surface area contributed by atoms with Gasteiger partial charge in [-0.2, -0.15) is 0 Å². The molecule has 1 aromatic rings. The highest BCUT2D eigenvalue weighted by Gasteiger charge is 2.53. The topological polar surface area (TPSA) is 32.3 Å². The third kappa shape index (κ3) is 3.77. The maximum Gasteiger partial charge on any atom is 0.261 e. The van der Waals surface area contributed by atoms with Crippen molar-refractivity contribution in [3.63, 3.8) is 0 Å². The Labute approximate surface area is 142 Å². The molecule has 2 aliphatic heterocycles. The zero-order valence-corrected chi connectivity index (χ0v) is 14.3. The summed E-state index contributed by atoms with van der Waals surface area (Å²) in [6.07, 6.45) is 3.14. The fourth-order valence-electron chi connectivity index (χ4n) is 4.14. The maximum atomic E-state index is 14.3. The fraction of sp³-hybridized carbons (Fsp3) is 0.632. The molecule has 0 bridgehead atoms. The van der Waals surface area contributed by atoms with Gasteiger partial charge in [0.25, 0.3) is 5.92 Å². The molecule has 1 aromatic carbocycles. The number of alkyl halides is 2. The van der Waals surface area contributed by atoms with Crippen molar-refractivity contribution >= 4 is 5.91 Å². The largest absolute Gasteiger partial charge is 0.356 e. The second-order valence-corrected chi connectivity index (χ2v) is 7.38. The van der Waals surface area contributed by atoms with Crippen LogP contribution in [0.1, 0.15) is 43.7 Å². The first-order valence-electron chi connectivity index (χ1n) is 8.89. The number of likely N-dealkylation sites (tertiary alicyclic amines) is 1. The number of carbonyl (C=O) groups excluding carboxylic acids is 1. The van der Waals surface area contributed by atoms with Crippen LogP contribution in [0, 0.1) is 5.41 Å². The van der Waals surface area contributed by atoms with Gasteiger partial charge in [-0.1, -0.05) is 37.6 Å². The fourth-order valence-corrected chi connectivity index (χ4v) is 4.14. The summed E-state index contributed by atoms with van der Waals surface area (Å²) in [5, 5.41) is 2.79. The molecule has 0 saturated carbocycles. The second kappa shape index (κ2) is 6.79. The van der Waals surface area contributed by atoms with Crippen LogP contribution in [0.15, 0.2) is 24.3 Å². The van der Waals surface area contributed by atoms with Gasteiger partial charge >= 0.3 is 0 Å². The van der Waals surface area contributed by atoms with Gasteiger partial charge in [0.05, 0.1) is 12.0 Å². The van der Waals surface area contributed by atoms with Crippen LogP contribution in [-0.2, 0) is 17.8 Å². The average molecular weight is 336 g/mol. The number of benzene rings is 1. The van der Waals surface area contributed by atoms with E-state index in [2.05, 4.69) is 24.4 Å². The van der Waals surface area contributed by atoms with Crippen molar-refractivity contribution in [1.82, 2.24) is 10.2 Å². The zero-order valence-electron chi connectivity index (χ0n) is 14.3. The Morgan fingerprint density at radius 3 is 2.54 bits per heavy atom. The van der Waals surface area contributed by atoms with Gasteiger partial charge in [0.2, 0.25) is 5.91 Å². The van der Waals surface area contributed by atoms with Crippen molar-refractivity contribution in [2.45, 2.75) is 51.5 Å². The molecule has 1 atom stereocenters. The van der Waals surface area contributed by atoms with Gasteiger partial charge in [-0.15, -0.1) is 0 Å². The lowest BCUT2D eigenvalue weighted by atomic mass is 9.72. The summed E-state index contributed by atoms with van der Waals surface area (Å²) in [7, 11) is 0. The van der Waals surface area contributed by atoms with Gasteiger partial charge in [0.15, 0.2) is 0 Å².